The van der Waals surface area contributed by atoms with Crippen molar-refractivity contribution in [3.8, 4) is 6.07 Å². The molecule has 0 N–H and O–H groups in total. The Kier molecular flexibility index (Phi) is 4.34. The second-order valence-electron chi connectivity index (χ2n) is 5.69. The molecule has 6 heteroatoms. The number of carbonyl (C=O) groups excluding carboxylic acids is 2. The molecular formula is C18H17N3O3. The summed E-state index contributed by atoms with van der Waals surface area (Å²) < 4.78 is 4.96. The molecule has 0 atom stereocenters. The predicted molar refractivity (Wildman–Crippen MR) is 88.0 cm³/mol. The molecule has 1 aromatic carbocycles. The summed E-state index contributed by atoms with van der Waals surface area (Å²) in [6.07, 6.45) is 2.93. The minimum atomic E-state index is -0.0543. The molecule has 1 amide bonds. The number of amides is 1. The molecule has 1 aromatic heterocycles. The van der Waals surface area contributed by atoms with Crippen molar-refractivity contribution in [2.24, 2.45) is 0 Å². The van der Waals surface area contributed by atoms with Crippen molar-refractivity contribution in [2.45, 2.75) is 6.92 Å². The van der Waals surface area contributed by atoms with E-state index in [0.29, 0.717) is 42.9 Å². The quantitative estimate of drug-likeness (QED) is 0.810. The standard InChI is InChI=1S/C18H17N3O3/c1-13(22)14-2-3-15(11-19)17(10-14)20-5-7-21(8-6-20)18(23)16-4-9-24-12-16/h2-4,9-10,12H,5-8H2,1H3. The van der Waals surface area contributed by atoms with E-state index in [9.17, 15) is 14.9 Å². The predicted octanol–water partition coefficient (Wildman–Crippen LogP) is 2.32. The van der Waals surface area contributed by atoms with Gasteiger partial charge in [-0.3, -0.25) is 9.59 Å². The van der Waals surface area contributed by atoms with E-state index in [2.05, 4.69) is 6.07 Å². The highest BCUT2D eigenvalue weighted by molar-refractivity contribution is 5.95. The van der Waals surface area contributed by atoms with Crippen LogP contribution < -0.4 is 4.90 Å². The summed E-state index contributed by atoms with van der Waals surface area (Å²) in [5.41, 5.74) is 2.41. The number of ketones is 1. The number of carbonyl (C=O) groups is 2. The molecule has 2 aromatic rings. The lowest BCUT2D eigenvalue weighted by atomic mass is 10.1. The van der Waals surface area contributed by atoms with Gasteiger partial charge in [0.2, 0.25) is 0 Å². The van der Waals surface area contributed by atoms with Crippen molar-refractivity contribution >= 4 is 17.4 Å². The maximum absolute atomic E-state index is 12.3. The van der Waals surface area contributed by atoms with Gasteiger partial charge < -0.3 is 14.2 Å². The molecule has 1 aliphatic rings. The number of hydrogen-bond donors (Lipinski definition) is 0. The lowest BCUT2D eigenvalue weighted by Crippen LogP contribution is -2.49. The van der Waals surface area contributed by atoms with Crippen LogP contribution in [0, 0.1) is 11.3 Å². The van der Waals surface area contributed by atoms with Crippen molar-refractivity contribution in [3.63, 3.8) is 0 Å². The van der Waals surface area contributed by atoms with Crippen LogP contribution >= 0.6 is 0 Å². The molecule has 0 spiro atoms. The number of rotatable bonds is 3. The maximum atomic E-state index is 12.3. The van der Waals surface area contributed by atoms with Crippen LogP contribution in [-0.2, 0) is 0 Å². The van der Waals surface area contributed by atoms with E-state index >= 15 is 0 Å². The third-order valence-corrected chi connectivity index (χ3v) is 4.20. The lowest BCUT2D eigenvalue weighted by molar-refractivity contribution is 0.0746. The minimum absolute atomic E-state index is 0.0329. The van der Waals surface area contributed by atoms with Gasteiger partial charge in [-0.2, -0.15) is 5.26 Å². The zero-order chi connectivity index (χ0) is 17.1. The fourth-order valence-electron chi connectivity index (χ4n) is 2.83. The number of nitrogens with zero attached hydrogens (tertiary/aromatic N) is 3. The normalized spacial score (nSPS) is 14.3. The Morgan fingerprint density at radius 3 is 2.46 bits per heavy atom. The first-order valence-corrected chi connectivity index (χ1v) is 7.71. The van der Waals surface area contributed by atoms with E-state index in [1.807, 2.05) is 4.90 Å². The molecule has 0 unspecified atom stereocenters. The Balaban J connectivity index is 1.75. The Bertz CT molecular complexity index is 797. The fraction of sp³-hybridized carbons (Fsp3) is 0.278. The molecule has 122 valence electrons. The van der Waals surface area contributed by atoms with Crippen molar-refractivity contribution < 1.29 is 14.0 Å². The number of anilines is 1. The molecule has 1 saturated heterocycles. The van der Waals surface area contributed by atoms with Gasteiger partial charge in [0.15, 0.2) is 5.78 Å². The molecular weight excluding hydrogens is 306 g/mol. The van der Waals surface area contributed by atoms with E-state index in [1.165, 1.54) is 19.5 Å². The number of furan rings is 1. The number of benzene rings is 1. The summed E-state index contributed by atoms with van der Waals surface area (Å²) in [7, 11) is 0. The monoisotopic (exact) mass is 323 g/mol. The highest BCUT2D eigenvalue weighted by atomic mass is 16.3. The van der Waals surface area contributed by atoms with Crippen LogP contribution in [0.4, 0.5) is 5.69 Å². The zero-order valence-electron chi connectivity index (χ0n) is 13.4. The molecule has 0 radical (unpaired) electrons. The number of piperazine rings is 1. The van der Waals surface area contributed by atoms with Crippen LogP contribution in [-0.4, -0.2) is 42.8 Å². The molecule has 6 nitrogen and oxygen atoms in total. The molecule has 1 fully saturated rings. The Hall–Kier alpha value is -3.07. The molecule has 2 heterocycles. The van der Waals surface area contributed by atoms with Gasteiger partial charge in [0.25, 0.3) is 5.91 Å². The van der Waals surface area contributed by atoms with Gasteiger partial charge in [-0.15, -0.1) is 0 Å². The Labute approximate surface area is 139 Å². The van der Waals surface area contributed by atoms with Gasteiger partial charge in [0.05, 0.1) is 23.1 Å². The first-order valence-electron chi connectivity index (χ1n) is 7.71. The van der Waals surface area contributed by atoms with Gasteiger partial charge in [0.1, 0.15) is 12.3 Å². The largest absolute Gasteiger partial charge is 0.472 e. The van der Waals surface area contributed by atoms with E-state index in [-0.39, 0.29) is 11.7 Å². The average molecular weight is 323 g/mol. The first kappa shape index (κ1) is 15.8. The summed E-state index contributed by atoms with van der Waals surface area (Å²) in [5, 5.41) is 9.31. The van der Waals surface area contributed by atoms with Crippen LogP contribution in [0.1, 0.15) is 33.2 Å². The van der Waals surface area contributed by atoms with Gasteiger partial charge >= 0.3 is 0 Å². The van der Waals surface area contributed by atoms with Gasteiger partial charge in [-0.05, 0) is 31.2 Å². The van der Waals surface area contributed by atoms with E-state index < -0.39 is 0 Å². The second-order valence-corrected chi connectivity index (χ2v) is 5.69. The number of nitriles is 1. The SMILES string of the molecule is CC(=O)c1ccc(C#N)c(N2CCN(C(=O)c3ccoc3)CC2)c1. The highest BCUT2D eigenvalue weighted by Crippen LogP contribution is 2.24. The summed E-state index contributed by atoms with van der Waals surface area (Å²) in [6, 6.07) is 8.92. The van der Waals surface area contributed by atoms with E-state index in [1.54, 1.807) is 29.2 Å². The highest BCUT2D eigenvalue weighted by Gasteiger charge is 2.24. The second kappa shape index (κ2) is 6.59. The average Bonchev–Trinajstić information content (AvgIpc) is 3.15. The Morgan fingerprint density at radius 1 is 1.12 bits per heavy atom. The van der Waals surface area contributed by atoms with Crippen LogP contribution in [0.15, 0.2) is 41.2 Å². The molecule has 0 aliphatic carbocycles. The third kappa shape index (κ3) is 3.01. The van der Waals surface area contributed by atoms with Gasteiger partial charge in [0, 0.05) is 31.7 Å². The fourth-order valence-corrected chi connectivity index (χ4v) is 2.83. The zero-order valence-corrected chi connectivity index (χ0v) is 13.4. The third-order valence-electron chi connectivity index (χ3n) is 4.20. The van der Waals surface area contributed by atoms with Crippen LogP contribution in [0.5, 0.6) is 0 Å². The van der Waals surface area contributed by atoms with Crippen LogP contribution in [0.3, 0.4) is 0 Å². The van der Waals surface area contributed by atoms with E-state index in [0.717, 1.165) is 5.69 Å². The first-order chi connectivity index (χ1) is 11.6. The molecule has 0 saturated carbocycles. The van der Waals surface area contributed by atoms with Crippen molar-refractivity contribution in [1.29, 1.82) is 5.26 Å². The Morgan fingerprint density at radius 2 is 1.88 bits per heavy atom. The summed E-state index contributed by atoms with van der Waals surface area (Å²) in [4.78, 5) is 27.7. The van der Waals surface area contributed by atoms with Crippen molar-refractivity contribution in [2.75, 3.05) is 31.1 Å². The van der Waals surface area contributed by atoms with Gasteiger partial charge in [-0.25, -0.2) is 0 Å². The van der Waals surface area contributed by atoms with E-state index in [4.69, 9.17) is 4.42 Å². The molecule has 1 aliphatic heterocycles. The number of hydrogen-bond acceptors (Lipinski definition) is 5. The minimum Gasteiger partial charge on any atom is -0.472 e. The molecule has 24 heavy (non-hydrogen) atoms. The van der Waals surface area contributed by atoms with Crippen molar-refractivity contribution in [3.05, 3.63) is 53.5 Å². The van der Waals surface area contributed by atoms with Crippen LogP contribution in [0.2, 0.25) is 0 Å². The smallest absolute Gasteiger partial charge is 0.257 e. The number of Topliss-reactive ketones (excluding diaryl/α,β-unsaturated/α-hetero) is 1. The maximum Gasteiger partial charge on any atom is 0.257 e. The van der Waals surface area contributed by atoms with Gasteiger partial charge in [-0.1, -0.05) is 0 Å². The summed E-state index contributed by atoms with van der Waals surface area (Å²) in [5.74, 6) is -0.0871. The topological polar surface area (TPSA) is 77.5 Å². The molecule has 0 bridgehead atoms. The van der Waals surface area contributed by atoms with Crippen LogP contribution in [0.25, 0.3) is 0 Å². The molecule has 3 rings (SSSR count). The van der Waals surface area contributed by atoms with Crippen molar-refractivity contribution in [1.82, 2.24) is 4.90 Å². The summed E-state index contributed by atoms with van der Waals surface area (Å²) >= 11 is 0. The lowest BCUT2D eigenvalue weighted by Gasteiger charge is -2.36. The summed E-state index contributed by atoms with van der Waals surface area (Å²) in [6.45, 7) is 3.84.